The normalized spacial score (nSPS) is 34.9. The molecule has 1 amide bonds. The van der Waals surface area contributed by atoms with E-state index in [1.54, 1.807) is 4.90 Å². The minimum Gasteiger partial charge on any atom is -0.480 e. The first-order valence-corrected chi connectivity index (χ1v) is 5.05. The van der Waals surface area contributed by atoms with E-state index in [1.165, 1.54) is 0 Å². The van der Waals surface area contributed by atoms with Crippen molar-refractivity contribution >= 4 is 11.9 Å². The Balaban J connectivity index is 2.13. The second-order valence-corrected chi connectivity index (χ2v) is 4.67. The molecule has 2 aliphatic rings. The lowest BCUT2D eigenvalue weighted by Gasteiger charge is -2.26. The predicted octanol–water partition coefficient (Wildman–Crippen LogP) is 0.574. The molecule has 14 heavy (non-hydrogen) atoms. The Bertz CT molecular complexity index is 287. The van der Waals surface area contributed by atoms with E-state index in [4.69, 9.17) is 5.11 Å². The van der Waals surface area contributed by atoms with Crippen molar-refractivity contribution in [2.24, 2.45) is 17.8 Å². The fourth-order valence-electron chi connectivity index (χ4n) is 2.34. The van der Waals surface area contributed by atoms with Crippen LogP contribution in [0.4, 0.5) is 0 Å². The highest BCUT2D eigenvalue weighted by atomic mass is 16.4. The lowest BCUT2D eigenvalue weighted by molar-refractivity contribution is -0.148. The van der Waals surface area contributed by atoms with Crippen LogP contribution in [0, 0.1) is 17.8 Å². The van der Waals surface area contributed by atoms with E-state index in [-0.39, 0.29) is 17.7 Å². The smallest absolute Gasteiger partial charge is 0.326 e. The largest absolute Gasteiger partial charge is 0.480 e. The third-order valence-electron chi connectivity index (χ3n) is 3.00. The van der Waals surface area contributed by atoms with Crippen molar-refractivity contribution in [3.8, 4) is 0 Å². The molecule has 1 aliphatic heterocycles. The van der Waals surface area contributed by atoms with Gasteiger partial charge in [-0.25, -0.2) is 4.79 Å². The highest BCUT2D eigenvalue weighted by Crippen LogP contribution is 2.50. The number of fused-ring (bicyclic) bond motifs is 1. The summed E-state index contributed by atoms with van der Waals surface area (Å²) in [5.74, 6) is -0.341. The van der Waals surface area contributed by atoms with Gasteiger partial charge in [-0.1, -0.05) is 13.8 Å². The monoisotopic (exact) mass is 197 g/mol. The topological polar surface area (TPSA) is 57.6 Å². The maximum Gasteiger partial charge on any atom is 0.326 e. The number of carbonyl (C=O) groups is 2. The summed E-state index contributed by atoms with van der Waals surface area (Å²) >= 11 is 0. The van der Waals surface area contributed by atoms with Crippen LogP contribution in [0.3, 0.4) is 0 Å². The van der Waals surface area contributed by atoms with E-state index in [9.17, 15) is 9.59 Å². The molecule has 0 aromatic heterocycles. The molecule has 0 aromatic carbocycles. The van der Waals surface area contributed by atoms with Gasteiger partial charge in [0.15, 0.2) is 0 Å². The number of amides is 1. The number of piperidine rings is 1. The van der Waals surface area contributed by atoms with Crippen LogP contribution < -0.4 is 0 Å². The Morgan fingerprint density at radius 3 is 2.79 bits per heavy atom. The number of hydrogen-bond acceptors (Lipinski definition) is 2. The van der Waals surface area contributed by atoms with Crippen molar-refractivity contribution in [3.05, 3.63) is 0 Å². The molecule has 0 aromatic rings. The number of carboxylic acid groups (broad SMARTS) is 1. The van der Waals surface area contributed by atoms with Gasteiger partial charge in [0.25, 0.3) is 0 Å². The first kappa shape index (κ1) is 9.49. The molecule has 78 valence electrons. The van der Waals surface area contributed by atoms with Crippen LogP contribution in [-0.4, -0.2) is 34.5 Å². The molecule has 3 atom stereocenters. The Morgan fingerprint density at radius 2 is 2.29 bits per heavy atom. The molecule has 4 heteroatoms. The first-order chi connectivity index (χ1) is 6.52. The molecule has 1 saturated carbocycles. The number of aliphatic carboxylic acids is 1. The van der Waals surface area contributed by atoms with E-state index in [1.807, 2.05) is 13.8 Å². The minimum atomic E-state index is -0.844. The summed E-state index contributed by atoms with van der Waals surface area (Å²) in [6.45, 7) is 4.56. The van der Waals surface area contributed by atoms with Crippen molar-refractivity contribution in [3.63, 3.8) is 0 Å². The van der Waals surface area contributed by atoms with Crippen molar-refractivity contribution in [2.75, 3.05) is 6.54 Å². The van der Waals surface area contributed by atoms with E-state index in [0.717, 1.165) is 6.42 Å². The molecule has 2 fully saturated rings. The van der Waals surface area contributed by atoms with Crippen molar-refractivity contribution in [1.82, 2.24) is 4.90 Å². The molecule has 0 spiro atoms. The van der Waals surface area contributed by atoms with Crippen molar-refractivity contribution < 1.29 is 14.7 Å². The molecular weight excluding hydrogens is 182 g/mol. The average molecular weight is 197 g/mol. The fraction of sp³-hybridized carbons (Fsp3) is 0.800. The summed E-state index contributed by atoms with van der Waals surface area (Å²) in [6.07, 6.45) is 0.782. The van der Waals surface area contributed by atoms with Crippen LogP contribution in [0.25, 0.3) is 0 Å². The van der Waals surface area contributed by atoms with Crippen LogP contribution in [0.15, 0.2) is 0 Å². The maximum absolute atomic E-state index is 11.7. The third kappa shape index (κ3) is 1.29. The van der Waals surface area contributed by atoms with Gasteiger partial charge in [0.05, 0.1) is 0 Å². The maximum atomic E-state index is 11.7. The van der Waals surface area contributed by atoms with E-state index < -0.39 is 12.0 Å². The van der Waals surface area contributed by atoms with E-state index >= 15 is 0 Å². The molecule has 4 nitrogen and oxygen atoms in total. The molecule has 1 aliphatic carbocycles. The number of nitrogens with zero attached hydrogens (tertiary/aromatic N) is 1. The lowest BCUT2D eigenvalue weighted by atomic mass is 10.1. The second-order valence-electron chi connectivity index (χ2n) is 4.67. The van der Waals surface area contributed by atoms with Gasteiger partial charge in [-0.3, -0.25) is 4.79 Å². The Hall–Kier alpha value is -1.06. The van der Waals surface area contributed by atoms with Crippen LogP contribution in [0.2, 0.25) is 0 Å². The molecule has 2 rings (SSSR count). The van der Waals surface area contributed by atoms with Gasteiger partial charge in [-0.15, -0.1) is 0 Å². The van der Waals surface area contributed by atoms with Gasteiger partial charge >= 0.3 is 5.97 Å². The number of rotatable bonds is 3. The molecular formula is C10H15NO3. The zero-order chi connectivity index (χ0) is 10.5. The van der Waals surface area contributed by atoms with Crippen LogP contribution >= 0.6 is 0 Å². The minimum absolute atomic E-state index is 0.0230. The zero-order valence-electron chi connectivity index (χ0n) is 8.43. The summed E-state index contributed by atoms with van der Waals surface area (Å²) in [7, 11) is 0. The number of hydrogen-bond donors (Lipinski definition) is 1. The highest BCUT2D eigenvalue weighted by Gasteiger charge is 2.61. The number of carboxylic acids is 1. The Morgan fingerprint density at radius 1 is 1.64 bits per heavy atom. The molecule has 1 N–H and O–H groups in total. The van der Waals surface area contributed by atoms with E-state index in [0.29, 0.717) is 12.5 Å². The third-order valence-corrected chi connectivity index (χ3v) is 3.00. The number of carbonyl (C=O) groups excluding carboxylic acids is 1. The SMILES string of the molecule is CC(C)CN1C(=O)C2CC2C1C(=O)O. The quantitative estimate of drug-likeness (QED) is 0.719. The standard InChI is InChI=1S/C10H15NO3/c1-5(2)4-11-8(10(13)14)6-3-7(6)9(11)12/h5-8H,3-4H2,1-2H3,(H,13,14). The van der Waals surface area contributed by atoms with Gasteiger partial charge in [-0.2, -0.15) is 0 Å². The van der Waals surface area contributed by atoms with E-state index in [2.05, 4.69) is 0 Å². The molecule has 1 saturated heterocycles. The summed E-state index contributed by atoms with van der Waals surface area (Å²) in [6, 6.07) is -0.546. The van der Waals surface area contributed by atoms with Gasteiger partial charge in [0.2, 0.25) is 5.91 Å². The van der Waals surface area contributed by atoms with Gasteiger partial charge in [0, 0.05) is 18.4 Å². The summed E-state index contributed by atoms with van der Waals surface area (Å²) < 4.78 is 0. The number of likely N-dealkylation sites (tertiary alicyclic amines) is 1. The van der Waals surface area contributed by atoms with Gasteiger partial charge < -0.3 is 10.0 Å². The van der Waals surface area contributed by atoms with Crippen molar-refractivity contribution in [2.45, 2.75) is 26.3 Å². The second kappa shape index (κ2) is 2.97. The zero-order valence-corrected chi connectivity index (χ0v) is 8.43. The molecule has 0 bridgehead atoms. The Kier molecular flexibility index (Phi) is 2.01. The van der Waals surface area contributed by atoms with Gasteiger partial charge in [0.1, 0.15) is 6.04 Å². The summed E-state index contributed by atoms with van der Waals surface area (Å²) in [4.78, 5) is 24.2. The van der Waals surface area contributed by atoms with Crippen LogP contribution in [-0.2, 0) is 9.59 Å². The highest BCUT2D eigenvalue weighted by molar-refractivity contribution is 5.92. The fourth-order valence-corrected chi connectivity index (χ4v) is 2.34. The molecule has 3 unspecified atom stereocenters. The first-order valence-electron chi connectivity index (χ1n) is 5.05. The predicted molar refractivity (Wildman–Crippen MR) is 49.6 cm³/mol. The average Bonchev–Trinajstić information content (AvgIpc) is 2.75. The molecule has 0 radical (unpaired) electrons. The summed E-state index contributed by atoms with van der Waals surface area (Å²) in [5, 5.41) is 9.02. The summed E-state index contributed by atoms with van der Waals surface area (Å²) in [5.41, 5.74) is 0. The Labute approximate surface area is 82.9 Å². The van der Waals surface area contributed by atoms with Crippen LogP contribution in [0.5, 0.6) is 0 Å². The van der Waals surface area contributed by atoms with Crippen molar-refractivity contribution in [1.29, 1.82) is 0 Å². The van der Waals surface area contributed by atoms with Gasteiger partial charge in [-0.05, 0) is 12.3 Å². The van der Waals surface area contributed by atoms with Crippen LogP contribution in [0.1, 0.15) is 20.3 Å². The molecule has 1 heterocycles. The lowest BCUT2D eigenvalue weighted by Crippen LogP contribution is -2.43.